The van der Waals surface area contributed by atoms with Gasteiger partial charge in [0.2, 0.25) is 11.8 Å². The Morgan fingerprint density at radius 3 is 2.91 bits per heavy atom. The summed E-state index contributed by atoms with van der Waals surface area (Å²) < 4.78 is 1.92. The Kier molecular flexibility index (Phi) is 4.14. The van der Waals surface area contributed by atoms with E-state index in [1.807, 2.05) is 42.0 Å². The molecule has 2 aromatic rings. The van der Waals surface area contributed by atoms with E-state index in [1.165, 1.54) is 0 Å². The molecular weight excluding hydrogens is 292 g/mol. The molecule has 1 aromatic heterocycles. The number of hydrogen-bond acceptors (Lipinski definition) is 3. The lowest BCUT2D eigenvalue weighted by molar-refractivity contribution is -0.128. The van der Waals surface area contributed by atoms with Gasteiger partial charge < -0.3 is 14.8 Å². The average molecular weight is 312 g/mol. The van der Waals surface area contributed by atoms with Crippen LogP contribution in [0.3, 0.4) is 0 Å². The van der Waals surface area contributed by atoms with Gasteiger partial charge in [0, 0.05) is 38.1 Å². The monoisotopic (exact) mass is 312 g/mol. The van der Waals surface area contributed by atoms with Gasteiger partial charge in [-0.2, -0.15) is 0 Å². The topological polar surface area (TPSA) is 67.2 Å². The van der Waals surface area contributed by atoms with Crippen molar-refractivity contribution in [3.8, 4) is 5.69 Å². The zero-order chi connectivity index (χ0) is 16.4. The molecule has 6 heteroatoms. The Morgan fingerprint density at radius 2 is 2.26 bits per heavy atom. The molecule has 0 saturated carbocycles. The summed E-state index contributed by atoms with van der Waals surface area (Å²) >= 11 is 0. The highest BCUT2D eigenvalue weighted by Gasteiger charge is 2.32. The molecular formula is C17H20N4O2. The molecule has 1 fully saturated rings. The van der Waals surface area contributed by atoms with Gasteiger partial charge in [-0.15, -0.1) is 0 Å². The van der Waals surface area contributed by atoms with Gasteiger partial charge in [0.05, 0.1) is 18.3 Å². The predicted octanol–water partition coefficient (Wildman–Crippen LogP) is 1.53. The van der Waals surface area contributed by atoms with Crippen LogP contribution in [0.5, 0.6) is 0 Å². The van der Waals surface area contributed by atoms with E-state index in [0.29, 0.717) is 13.0 Å². The van der Waals surface area contributed by atoms with Crippen molar-refractivity contribution < 1.29 is 9.59 Å². The lowest BCUT2D eigenvalue weighted by Gasteiger charge is -2.18. The molecule has 2 unspecified atom stereocenters. The maximum absolute atomic E-state index is 12.3. The highest BCUT2D eigenvalue weighted by atomic mass is 16.2. The predicted molar refractivity (Wildman–Crippen MR) is 85.9 cm³/mol. The van der Waals surface area contributed by atoms with Crippen molar-refractivity contribution in [1.29, 1.82) is 0 Å². The van der Waals surface area contributed by atoms with Crippen molar-refractivity contribution in [2.24, 2.45) is 5.92 Å². The van der Waals surface area contributed by atoms with E-state index in [9.17, 15) is 9.59 Å². The second-order valence-corrected chi connectivity index (χ2v) is 5.97. The van der Waals surface area contributed by atoms with Crippen molar-refractivity contribution in [2.75, 3.05) is 13.6 Å². The van der Waals surface area contributed by atoms with E-state index in [-0.39, 0.29) is 23.8 Å². The maximum Gasteiger partial charge on any atom is 0.225 e. The first kappa shape index (κ1) is 15.3. The van der Waals surface area contributed by atoms with Gasteiger partial charge in [-0.1, -0.05) is 12.1 Å². The quantitative estimate of drug-likeness (QED) is 0.931. The first-order chi connectivity index (χ1) is 11.0. The molecule has 3 rings (SSSR count). The smallest absolute Gasteiger partial charge is 0.225 e. The second-order valence-electron chi connectivity index (χ2n) is 5.97. The van der Waals surface area contributed by atoms with Crippen molar-refractivity contribution in [3.63, 3.8) is 0 Å². The van der Waals surface area contributed by atoms with Crippen molar-refractivity contribution in [3.05, 3.63) is 48.5 Å². The fourth-order valence-corrected chi connectivity index (χ4v) is 2.82. The fourth-order valence-electron chi connectivity index (χ4n) is 2.82. The van der Waals surface area contributed by atoms with Gasteiger partial charge in [-0.3, -0.25) is 9.59 Å². The summed E-state index contributed by atoms with van der Waals surface area (Å²) in [4.78, 5) is 29.5. The second kappa shape index (κ2) is 6.24. The van der Waals surface area contributed by atoms with E-state index < -0.39 is 0 Å². The van der Waals surface area contributed by atoms with Gasteiger partial charge >= 0.3 is 0 Å². The summed E-state index contributed by atoms with van der Waals surface area (Å²) in [5.74, 6) is -0.296. The Balaban J connectivity index is 1.69. The number of benzene rings is 1. The highest BCUT2D eigenvalue weighted by molar-refractivity contribution is 5.89. The summed E-state index contributed by atoms with van der Waals surface area (Å²) in [6.45, 7) is 2.44. The lowest BCUT2D eigenvalue weighted by Crippen LogP contribution is -2.34. The Labute approximate surface area is 135 Å². The summed E-state index contributed by atoms with van der Waals surface area (Å²) in [6.07, 6.45) is 5.64. The minimum absolute atomic E-state index is 0.0277. The number of likely N-dealkylation sites (tertiary alicyclic amines) is 1. The zero-order valence-corrected chi connectivity index (χ0v) is 13.3. The summed E-state index contributed by atoms with van der Waals surface area (Å²) in [5, 5.41) is 3.01. The average Bonchev–Trinajstić information content (AvgIpc) is 3.18. The van der Waals surface area contributed by atoms with Crippen molar-refractivity contribution in [1.82, 2.24) is 19.8 Å². The molecule has 1 saturated heterocycles. The first-order valence-electron chi connectivity index (χ1n) is 7.67. The minimum atomic E-state index is -0.258. The van der Waals surface area contributed by atoms with Gasteiger partial charge in [-0.05, 0) is 24.6 Å². The molecule has 1 aliphatic rings. The fraction of sp³-hybridized carbons (Fsp3) is 0.353. The summed E-state index contributed by atoms with van der Waals surface area (Å²) in [6, 6.07) is 7.84. The van der Waals surface area contributed by atoms with E-state index in [4.69, 9.17) is 0 Å². The van der Waals surface area contributed by atoms with Crippen LogP contribution in [0.1, 0.15) is 24.9 Å². The third kappa shape index (κ3) is 3.26. The number of carbonyl (C=O) groups excluding carboxylic acids is 2. The van der Waals surface area contributed by atoms with Gasteiger partial charge in [0.25, 0.3) is 0 Å². The van der Waals surface area contributed by atoms with Gasteiger partial charge in [0.1, 0.15) is 0 Å². The molecule has 0 bridgehead atoms. The Hall–Kier alpha value is -2.63. The van der Waals surface area contributed by atoms with Crippen LogP contribution in [0.25, 0.3) is 5.69 Å². The molecule has 1 aromatic carbocycles. The van der Waals surface area contributed by atoms with Crippen LogP contribution in [0.15, 0.2) is 43.0 Å². The van der Waals surface area contributed by atoms with Gasteiger partial charge in [-0.25, -0.2) is 4.98 Å². The van der Waals surface area contributed by atoms with Crippen molar-refractivity contribution >= 4 is 11.8 Å². The van der Waals surface area contributed by atoms with E-state index in [0.717, 1.165) is 11.3 Å². The standard InChI is InChI=1S/C17H20N4O2/c1-12(19-17(23)14-9-16(22)20(2)10-14)13-4-3-5-15(8-13)21-7-6-18-11-21/h3-8,11-12,14H,9-10H2,1-2H3,(H,19,23). The molecule has 0 radical (unpaired) electrons. The van der Waals surface area contributed by atoms with Crippen LogP contribution >= 0.6 is 0 Å². The Morgan fingerprint density at radius 1 is 1.43 bits per heavy atom. The molecule has 23 heavy (non-hydrogen) atoms. The number of hydrogen-bond donors (Lipinski definition) is 1. The normalized spacial score (nSPS) is 19.0. The third-order valence-corrected chi connectivity index (χ3v) is 4.24. The molecule has 2 heterocycles. The van der Waals surface area contributed by atoms with Crippen LogP contribution in [0, 0.1) is 5.92 Å². The lowest BCUT2D eigenvalue weighted by atomic mass is 10.0. The molecule has 1 N–H and O–H groups in total. The van der Waals surface area contributed by atoms with E-state index in [1.54, 1.807) is 24.5 Å². The van der Waals surface area contributed by atoms with Crippen LogP contribution < -0.4 is 5.32 Å². The number of carbonyl (C=O) groups is 2. The van der Waals surface area contributed by atoms with Crippen molar-refractivity contribution in [2.45, 2.75) is 19.4 Å². The third-order valence-electron chi connectivity index (χ3n) is 4.24. The number of nitrogens with zero attached hydrogens (tertiary/aromatic N) is 3. The summed E-state index contributed by atoms with van der Waals surface area (Å²) in [7, 11) is 1.73. The minimum Gasteiger partial charge on any atom is -0.349 e. The number of aromatic nitrogens is 2. The summed E-state index contributed by atoms with van der Waals surface area (Å²) in [5.41, 5.74) is 2.01. The van der Waals surface area contributed by atoms with E-state index in [2.05, 4.69) is 10.3 Å². The van der Waals surface area contributed by atoms with Crippen LogP contribution in [-0.2, 0) is 9.59 Å². The Bertz CT molecular complexity index is 711. The maximum atomic E-state index is 12.3. The van der Waals surface area contributed by atoms with Gasteiger partial charge in [0.15, 0.2) is 0 Å². The molecule has 1 aliphatic heterocycles. The first-order valence-corrected chi connectivity index (χ1v) is 7.67. The highest BCUT2D eigenvalue weighted by Crippen LogP contribution is 2.20. The van der Waals surface area contributed by atoms with Crippen LogP contribution in [0.2, 0.25) is 0 Å². The number of imidazole rings is 1. The largest absolute Gasteiger partial charge is 0.349 e. The van der Waals surface area contributed by atoms with Crippen LogP contribution in [0.4, 0.5) is 0 Å². The number of nitrogens with one attached hydrogen (secondary N) is 1. The molecule has 6 nitrogen and oxygen atoms in total. The zero-order valence-electron chi connectivity index (χ0n) is 13.3. The molecule has 120 valence electrons. The molecule has 0 spiro atoms. The molecule has 0 aliphatic carbocycles. The van der Waals surface area contributed by atoms with Crippen LogP contribution in [-0.4, -0.2) is 39.9 Å². The molecule has 2 atom stereocenters. The molecule has 2 amide bonds. The van der Waals surface area contributed by atoms with E-state index >= 15 is 0 Å². The number of rotatable bonds is 4. The number of amides is 2. The SMILES string of the molecule is CC(NC(=O)C1CC(=O)N(C)C1)c1cccc(-n2ccnc2)c1.